The van der Waals surface area contributed by atoms with E-state index in [-0.39, 0.29) is 17.9 Å². The van der Waals surface area contributed by atoms with Crippen molar-refractivity contribution in [1.82, 2.24) is 4.90 Å². The first-order chi connectivity index (χ1) is 8.09. The predicted octanol–water partition coefficient (Wildman–Crippen LogP) is 2.01. The van der Waals surface area contributed by atoms with Crippen molar-refractivity contribution in [1.29, 1.82) is 0 Å². The summed E-state index contributed by atoms with van der Waals surface area (Å²) in [6, 6.07) is -0.310. The van der Waals surface area contributed by atoms with Crippen LogP contribution in [0.3, 0.4) is 0 Å². The van der Waals surface area contributed by atoms with Crippen LogP contribution in [-0.2, 0) is 4.79 Å². The van der Waals surface area contributed by atoms with Crippen molar-refractivity contribution in [2.24, 2.45) is 23.5 Å². The van der Waals surface area contributed by atoms with E-state index < -0.39 is 0 Å². The summed E-state index contributed by atoms with van der Waals surface area (Å²) in [6.07, 6.45) is 6.62. The third kappa shape index (κ3) is 2.82. The molecule has 0 bridgehead atoms. The summed E-state index contributed by atoms with van der Waals surface area (Å²) in [5, 5.41) is 0. The lowest BCUT2D eigenvalue weighted by Gasteiger charge is -2.42. The zero-order valence-corrected chi connectivity index (χ0v) is 11.2. The molecule has 1 aliphatic carbocycles. The van der Waals surface area contributed by atoms with E-state index in [4.69, 9.17) is 5.73 Å². The second kappa shape index (κ2) is 5.38. The summed E-state index contributed by atoms with van der Waals surface area (Å²) in [5.41, 5.74) is 5.97. The van der Waals surface area contributed by atoms with Gasteiger partial charge < -0.3 is 10.6 Å². The molecule has 0 aromatic rings. The highest BCUT2D eigenvalue weighted by Gasteiger charge is 2.34. The number of rotatable bonds is 2. The van der Waals surface area contributed by atoms with Crippen molar-refractivity contribution < 1.29 is 4.79 Å². The average Bonchev–Trinajstić information content (AvgIpc) is 2.36. The van der Waals surface area contributed by atoms with E-state index in [1.54, 1.807) is 0 Å². The van der Waals surface area contributed by atoms with Gasteiger partial charge in [-0.1, -0.05) is 33.1 Å². The minimum Gasteiger partial charge on any atom is -0.341 e. The van der Waals surface area contributed by atoms with Crippen molar-refractivity contribution in [3.8, 4) is 0 Å². The number of fused-ring (bicyclic) bond motifs is 1. The molecule has 2 aliphatic rings. The molecule has 2 rings (SSSR count). The van der Waals surface area contributed by atoms with Crippen LogP contribution in [0.4, 0.5) is 0 Å². The first kappa shape index (κ1) is 12.9. The van der Waals surface area contributed by atoms with E-state index in [9.17, 15) is 4.79 Å². The van der Waals surface area contributed by atoms with Crippen LogP contribution in [0, 0.1) is 17.8 Å². The predicted molar refractivity (Wildman–Crippen MR) is 69.5 cm³/mol. The number of nitrogens with zero attached hydrogens (tertiary/aromatic N) is 1. The van der Waals surface area contributed by atoms with Crippen molar-refractivity contribution in [3.05, 3.63) is 0 Å². The van der Waals surface area contributed by atoms with Crippen LogP contribution in [0.1, 0.15) is 46.0 Å². The van der Waals surface area contributed by atoms with Gasteiger partial charge in [0.15, 0.2) is 0 Å². The highest BCUT2D eigenvalue weighted by atomic mass is 16.2. The quantitative estimate of drug-likeness (QED) is 0.800. The number of hydrogen-bond donors (Lipinski definition) is 1. The van der Waals surface area contributed by atoms with Crippen LogP contribution in [0.15, 0.2) is 0 Å². The lowest BCUT2D eigenvalue weighted by atomic mass is 9.75. The molecule has 1 heterocycles. The van der Waals surface area contributed by atoms with Gasteiger partial charge in [0.05, 0.1) is 6.04 Å². The topological polar surface area (TPSA) is 46.3 Å². The molecule has 3 nitrogen and oxygen atoms in total. The standard InChI is InChI=1S/C14H26N2O/c1-10(2)13(15)14(17)16-8-7-11-5-3-4-6-12(11)9-16/h10-13H,3-9,15H2,1-2H3/t11?,12?,13-/m1/s1. The normalized spacial score (nSPS) is 31.2. The van der Waals surface area contributed by atoms with E-state index in [1.807, 2.05) is 18.7 Å². The number of piperidine rings is 1. The highest BCUT2D eigenvalue weighted by Crippen LogP contribution is 2.36. The van der Waals surface area contributed by atoms with Gasteiger partial charge in [-0.2, -0.15) is 0 Å². The van der Waals surface area contributed by atoms with Crippen LogP contribution < -0.4 is 5.73 Å². The molecular formula is C14H26N2O. The molecule has 1 amide bonds. The lowest BCUT2D eigenvalue weighted by Crippen LogP contribution is -2.52. The third-order valence-electron chi connectivity index (χ3n) is 4.61. The molecule has 2 unspecified atom stereocenters. The third-order valence-corrected chi connectivity index (χ3v) is 4.61. The van der Waals surface area contributed by atoms with Gasteiger partial charge in [0.25, 0.3) is 0 Å². The fourth-order valence-corrected chi connectivity index (χ4v) is 3.30. The van der Waals surface area contributed by atoms with Crippen LogP contribution in [0.2, 0.25) is 0 Å². The number of hydrogen-bond acceptors (Lipinski definition) is 2. The fraction of sp³-hybridized carbons (Fsp3) is 0.929. The second-order valence-electron chi connectivity index (χ2n) is 6.15. The second-order valence-corrected chi connectivity index (χ2v) is 6.15. The van der Waals surface area contributed by atoms with E-state index in [0.717, 1.165) is 24.9 Å². The van der Waals surface area contributed by atoms with Crippen molar-refractivity contribution in [3.63, 3.8) is 0 Å². The van der Waals surface area contributed by atoms with Crippen LogP contribution >= 0.6 is 0 Å². The van der Waals surface area contributed by atoms with Crippen LogP contribution in [0.5, 0.6) is 0 Å². The Morgan fingerprint density at radius 3 is 2.47 bits per heavy atom. The highest BCUT2D eigenvalue weighted by molar-refractivity contribution is 5.82. The average molecular weight is 238 g/mol. The molecule has 1 saturated heterocycles. The Kier molecular flexibility index (Phi) is 4.08. The Labute approximate surface area is 105 Å². The molecule has 0 radical (unpaired) electrons. The minimum atomic E-state index is -0.310. The first-order valence-electron chi connectivity index (χ1n) is 7.14. The molecule has 17 heavy (non-hydrogen) atoms. The molecule has 98 valence electrons. The van der Waals surface area contributed by atoms with Gasteiger partial charge in [0.1, 0.15) is 0 Å². The molecule has 3 heteroatoms. The van der Waals surface area contributed by atoms with Gasteiger partial charge in [0, 0.05) is 13.1 Å². The molecule has 1 aliphatic heterocycles. The van der Waals surface area contributed by atoms with Gasteiger partial charge >= 0.3 is 0 Å². The summed E-state index contributed by atoms with van der Waals surface area (Å²) in [7, 11) is 0. The Hall–Kier alpha value is -0.570. The molecule has 3 atom stereocenters. The molecule has 0 spiro atoms. The maximum atomic E-state index is 12.2. The smallest absolute Gasteiger partial charge is 0.239 e. The summed E-state index contributed by atoms with van der Waals surface area (Å²) in [5.74, 6) is 2.04. The van der Waals surface area contributed by atoms with E-state index in [2.05, 4.69) is 0 Å². The Morgan fingerprint density at radius 1 is 1.18 bits per heavy atom. The van der Waals surface area contributed by atoms with Gasteiger partial charge in [-0.15, -0.1) is 0 Å². The molecule has 0 aromatic heterocycles. The summed E-state index contributed by atoms with van der Waals surface area (Å²) in [6.45, 7) is 5.94. The van der Waals surface area contributed by atoms with Crippen LogP contribution in [-0.4, -0.2) is 29.9 Å². The maximum absolute atomic E-state index is 12.2. The van der Waals surface area contributed by atoms with Gasteiger partial charge in [-0.3, -0.25) is 4.79 Å². The van der Waals surface area contributed by atoms with E-state index in [1.165, 1.54) is 32.1 Å². The minimum absolute atomic E-state index is 0.170. The molecule has 1 saturated carbocycles. The summed E-state index contributed by atoms with van der Waals surface area (Å²) < 4.78 is 0. The van der Waals surface area contributed by atoms with E-state index in [0.29, 0.717) is 0 Å². The van der Waals surface area contributed by atoms with Gasteiger partial charge in [0.2, 0.25) is 5.91 Å². The molecule has 0 aromatic carbocycles. The Bertz CT molecular complexity index is 277. The largest absolute Gasteiger partial charge is 0.341 e. The van der Waals surface area contributed by atoms with Crippen molar-refractivity contribution in [2.75, 3.05) is 13.1 Å². The summed E-state index contributed by atoms with van der Waals surface area (Å²) in [4.78, 5) is 14.2. The number of likely N-dealkylation sites (tertiary alicyclic amines) is 1. The molecule has 2 N–H and O–H groups in total. The Morgan fingerprint density at radius 2 is 1.82 bits per heavy atom. The van der Waals surface area contributed by atoms with Crippen molar-refractivity contribution >= 4 is 5.91 Å². The molecule has 2 fully saturated rings. The number of amides is 1. The zero-order chi connectivity index (χ0) is 12.4. The van der Waals surface area contributed by atoms with Crippen molar-refractivity contribution in [2.45, 2.75) is 52.0 Å². The SMILES string of the molecule is CC(C)[C@@H](N)C(=O)N1CCC2CCCCC2C1. The van der Waals surface area contributed by atoms with Crippen LogP contribution in [0.25, 0.3) is 0 Å². The molecular weight excluding hydrogens is 212 g/mol. The van der Waals surface area contributed by atoms with Gasteiger partial charge in [-0.25, -0.2) is 0 Å². The monoisotopic (exact) mass is 238 g/mol. The zero-order valence-electron chi connectivity index (χ0n) is 11.2. The van der Waals surface area contributed by atoms with E-state index >= 15 is 0 Å². The first-order valence-corrected chi connectivity index (χ1v) is 7.14. The number of nitrogens with two attached hydrogens (primary N) is 1. The number of carbonyl (C=O) groups is 1. The lowest BCUT2D eigenvalue weighted by molar-refractivity contribution is -0.136. The maximum Gasteiger partial charge on any atom is 0.239 e. The summed E-state index contributed by atoms with van der Waals surface area (Å²) >= 11 is 0. The number of carbonyl (C=O) groups excluding carboxylic acids is 1. The Balaban J connectivity index is 1.93. The van der Waals surface area contributed by atoms with Gasteiger partial charge in [-0.05, 0) is 30.6 Å². The fourth-order valence-electron chi connectivity index (χ4n) is 3.30.